The Morgan fingerprint density at radius 3 is 2.12 bits per heavy atom. The molecule has 1 unspecified atom stereocenters. The molecular weight excluding hydrogens is 428 g/mol. The van der Waals surface area contributed by atoms with Gasteiger partial charge in [0.25, 0.3) is 0 Å². The standard InChI is InChI=1S/C28H38O4Si/c1-5-6-7-8-9-11-16-23-17-14-15-20-25(23)33(28(2,3)4,24-18-12-10-13-19-24)32-27(31)22-21-26(29)30/h10,12-15,17-22H,5-9,11,16H2,1-4H3,(H,29,30)/b22-21-. The second kappa shape index (κ2) is 12.5. The van der Waals surface area contributed by atoms with E-state index >= 15 is 0 Å². The van der Waals surface area contributed by atoms with Gasteiger partial charge in [-0.05, 0) is 33.8 Å². The topological polar surface area (TPSA) is 63.6 Å². The number of carboxylic acids is 1. The van der Waals surface area contributed by atoms with Gasteiger partial charge in [-0.2, -0.15) is 0 Å². The maximum absolute atomic E-state index is 12.9. The maximum Gasteiger partial charge on any atom is 0.328 e. The third kappa shape index (κ3) is 7.16. The molecule has 0 saturated carbocycles. The van der Waals surface area contributed by atoms with E-state index in [1.165, 1.54) is 37.7 Å². The van der Waals surface area contributed by atoms with Crippen molar-refractivity contribution in [2.24, 2.45) is 0 Å². The number of aryl methyl sites for hydroxylation is 1. The molecule has 2 aromatic carbocycles. The van der Waals surface area contributed by atoms with E-state index in [-0.39, 0.29) is 5.04 Å². The Kier molecular flexibility index (Phi) is 10.1. The fourth-order valence-electron chi connectivity index (χ4n) is 4.43. The third-order valence-electron chi connectivity index (χ3n) is 6.05. The zero-order chi connectivity index (χ0) is 24.3. The minimum Gasteiger partial charge on any atom is -0.506 e. The van der Waals surface area contributed by atoms with Crippen LogP contribution in [-0.4, -0.2) is 25.4 Å². The number of carbonyl (C=O) groups is 2. The molecule has 178 valence electrons. The molecule has 5 heteroatoms. The van der Waals surface area contributed by atoms with Gasteiger partial charge in [0.2, 0.25) is 0 Å². The Morgan fingerprint density at radius 2 is 1.48 bits per heavy atom. The highest BCUT2D eigenvalue weighted by atomic mass is 28.4. The first-order valence-corrected chi connectivity index (χ1v) is 13.9. The predicted octanol–water partition coefficient (Wildman–Crippen LogP) is 5.63. The molecule has 1 N–H and O–H groups in total. The quantitative estimate of drug-likeness (QED) is 0.250. The Hall–Kier alpha value is -2.66. The molecule has 1 atom stereocenters. The summed E-state index contributed by atoms with van der Waals surface area (Å²) in [7, 11) is -3.10. The van der Waals surface area contributed by atoms with Crippen LogP contribution in [-0.2, 0) is 20.4 Å². The van der Waals surface area contributed by atoms with E-state index in [4.69, 9.17) is 9.53 Å². The molecule has 0 bridgehead atoms. The van der Waals surface area contributed by atoms with Crippen LogP contribution in [0.4, 0.5) is 0 Å². The van der Waals surface area contributed by atoms with Gasteiger partial charge in [0.05, 0.1) is 0 Å². The minimum absolute atomic E-state index is 0.363. The van der Waals surface area contributed by atoms with Gasteiger partial charge in [-0.3, -0.25) is 0 Å². The normalized spacial score (nSPS) is 13.6. The lowest BCUT2D eigenvalue weighted by Crippen LogP contribution is -2.68. The van der Waals surface area contributed by atoms with Gasteiger partial charge >= 0.3 is 20.3 Å². The number of carbonyl (C=O) groups excluding carboxylic acids is 1. The molecule has 0 aliphatic rings. The lowest BCUT2D eigenvalue weighted by Gasteiger charge is -2.42. The van der Waals surface area contributed by atoms with Crippen molar-refractivity contribution in [1.29, 1.82) is 0 Å². The molecule has 0 aliphatic carbocycles. The van der Waals surface area contributed by atoms with Crippen LogP contribution >= 0.6 is 0 Å². The number of carboxylic acid groups (broad SMARTS) is 1. The van der Waals surface area contributed by atoms with Crippen LogP contribution in [0.15, 0.2) is 66.7 Å². The number of hydrogen-bond donors (Lipinski definition) is 1. The summed E-state index contributed by atoms with van der Waals surface area (Å²) in [6.45, 7) is 8.56. The van der Waals surface area contributed by atoms with Gasteiger partial charge in [-0.15, -0.1) is 0 Å². The molecule has 2 rings (SSSR count). The summed E-state index contributed by atoms with van der Waals surface area (Å²) in [5.41, 5.74) is 1.22. The highest BCUT2D eigenvalue weighted by Gasteiger charge is 2.53. The summed E-state index contributed by atoms with van der Waals surface area (Å²) < 4.78 is 6.37. The number of unbranched alkanes of at least 4 members (excludes halogenated alkanes) is 5. The minimum atomic E-state index is -3.10. The molecule has 33 heavy (non-hydrogen) atoms. The van der Waals surface area contributed by atoms with Gasteiger partial charge in [-0.1, -0.05) is 114 Å². The van der Waals surface area contributed by atoms with Gasteiger partial charge < -0.3 is 9.53 Å². The summed E-state index contributed by atoms with van der Waals surface area (Å²) in [4.78, 5) is 23.9. The van der Waals surface area contributed by atoms with Crippen molar-refractivity contribution in [2.75, 3.05) is 0 Å². The van der Waals surface area contributed by atoms with Gasteiger partial charge in [0.15, 0.2) is 0 Å². The molecule has 0 radical (unpaired) electrons. The lowest BCUT2D eigenvalue weighted by atomic mass is 10.0. The number of aliphatic carboxylic acids is 1. The van der Waals surface area contributed by atoms with Gasteiger partial charge in [0.1, 0.15) is 0 Å². The monoisotopic (exact) mass is 466 g/mol. The van der Waals surface area contributed by atoms with E-state index in [0.29, 0.717) is 0 Å². The first kappa shape index (κ1) is 26.6. The number of benzene rings is 2. The third-order valence-corrected chi connectivity index (χ3v) is 11.1. The van der Waals surface area contributed by atoms with Crippen molar-refractivity contribution in [3.05, 3.63) is 72.3 Å². The molecule has 0 aliphatic heterocycles. The van der Waals surface area contributed by atoms with Crippen LogP contribution in [0.2, 0.25) is 5.04 Å². The number of rotatable bonds is 12. The van der Waals surface area contributed by atoms with Crippen molar-refractivity contribution < 1.29 is 19.1 Å². The van der Waals surface area contributed by atoms with Crippen molar-refractivity contribution >= 4 is 30.6 Å². The maximum atomic E-state index is 12.9. The predicted molar refractivity (Wildman–Crippen MR) is 138 cm³/mol. The largest absolute Gasteiger partial charge is 0.506 e. The molecule has 0 saturated heterocycles. The van der Waals surface area contributed by atoms with Crippen LogP contribution in [0.25, 0.3) is 0 Å². The first-order valence-electron chi connectivity index (χ1n) is 12.0. The Morgan fingerprint density at radius 1 is 0.879 bits per heavy atom. The van der Waals surface area contributed by atoms with Crippen LogP contribution < -0.4 is 10.4 Å². The second-order valence-corrected chi connectivity index (χ2v) is 13.7. The second-order valence-electron chi connectivity index (χ2n) is 9.56. The van der Waals surface area contributed by atoms with Crippen molar-refractivity contribution in [2.45, 2.75) is 77.7 Å². The Labute approximate surface area is 199 Å². The van der Waals surface area contributed by atoms with Crippen molar-refractivity contribution in [1.82, 2.24) is 0 Å². The molecular formula is C28H38O4Si. The van der Waals surface area contributed by atoms with Gasteiger partial charge in [0, 0.05) is 12.2 Å². The van der Waals surface area contributed by atoms with Gasteiger partial charge in [-0.25, -0.2) is 9.59 Å². The average Bonchev–Trinajstić information content (AvgIpc) is 2.78. The summed E-state index contributed by atoms with van der Waals surface area (Å²) in [6, 6.07) is 18.3. The van der Waals surface area contributed by atoms with E-state index < -0.39 is 20.3 Å². The van der Waals surface area contributed by atoms with E-state index in [2.05, 4.69) is 45.9 Å². The van der Waals surface area contributed by atoms with Crippen LogP contribution in [0.3, 0.4) is 0 Å². The zero-order valence-corrected chi connectivity index (χ0v) is 21.5. The first-order chi connectivity index (χ1) is 15.7. The lowest BCUT2D eigenvalue weighted by molar-refractivity contribution is -0.133. The van der Waals surface area contributed by atoms with E-state index in [1.807, 2.05) is 36.4 Å². The Balaban J connectivity index is 2.52. The van der Waals surface area contributed by atoms with Crippen LogP contribution in [0.1, 0.15) is 71.8 Å². The smallest absolute Gasteiger partial charge is 0.328 e. The van der Waals surface area contributed by atoms with Crippen LogP contribution in [0.5, 0.6) is 0 Å². The fraction of sp³-hybridized carbons (Fsp3) is 0.429. The highest BCUT2D eigenvalue weighted by molar-refractivity contribution is 7.00. The SMILES string of the molecule is CCCCCCCCc1ccccc1[Si](OC(=O)/C=C\C(=O)O)(c1ccccc1)C(C)(C)C. The summed E-state index contributed by atoms with van der Waals surface area (Å²) in [5.74, 6) is -1.78. The molecule has 0 amide bonds. The summed E-state index contributed by atoms with van der Waals surface area (Å²) in [5, 5.41) is 10.7. The number of hydrogen-bond acceptors (Lipinski definition) is 3. The summed E-state index contributed by atoms with van der Waals surface area (Å²) >= 11 is 0. The molecule has 0 heterocycles. The Bertz CT molecular complexity index is 930. The van der Waals surface area contributed by atoms with E-state index in [9.17, 15) is 9.59 Å². The van der Waals surface area contributed by atoms with E-state index in [1.54, 1.807) is 0 Å². The van der Waals surface area contributed by atoms with Crippen LogP contribution in [0, 0.1) is 0 Å². The van der Waals surface area contributed by atoms with Crippen molar-refractivity contribution in [3.63, 3.8) is 0 Å². The zero-order valence-electron chi connectivity index (χ0n) is 20.5. The highest BCUT2D eigenvalue weighted by Crippen LogP contribution is 2.37. The fourth-order valence-corrected chi connectivity index (χ4v) is 8.98. The molecule has 0 spiro atoms. The average molecular weight is 467 g/mol. The summed E-state index contributed by atoms with van der Waals surface area (Å²) in [6.07, 6.45) is 10.1. The molecule has 2 aromatic rings. The molecule has 4 nitrogen and oxygen atoms in total. The molecule has 0 fully saturated rings. The van der Waals surface area contributed by atoms with E-state index in [0.717, 1.165) is 35.4 Å². The van der Waals surface area contributed by atoms with Crippen molar-refractivity contribution in [3.8, 4) is 0 Å². The molecule has 0 aromatic heterocycles.